The van der Waals surface area contributed by atoms with E-state index in [1.807, 2.05) is 24.3 Å². The molecule has 5 nitrogen and oxygen atoms in total. The minimum absolute atomic E-state index is 0.130. The van der Waals surface area contributed by atoms with Crippen LogP contribution < -0.4 is 24.3 Å². The highest BCUT2D eigenvalue weighted by atomic mass is 16.5. The van der Waals surface area contributed by atoms with Crippen LogP contribution in [0.3, 0.4) is 0 Å². The monoisotopic (exact) mass is 812 g/mol. The highest BCUT2D eigenvalue weighted by molar-refractivity contribution is 5.99. The lowest BCUT2D eigenvalue weighted by Crippen LogP contribution is -2.24. The van der Waals surface area contributed by atoms with Crippen molar-refractivity contribution in [2.24, 2.45) is 0 Å². The third kappa shape index (κ3) is 5.84. The van der Waals surface area contributed by atoms with Crippen LogP contribution in [0, 0.1) is 0 Å². The van der Waals surface area contributed by atoms with E-state index in [4.69, 9.17) is 4.74 Å². The van der Waals surface area contributed by atoms with Crippen LogP contribution in [0.5, 0.6) is 11.5 Å². The van der Waals surface area contributed by atoms with Gasteiger partial charge in [0.25, 0.3) is 0 Å². The second-order valence-electron chi connectivity index (χ2n) is 17.1. The van der Waals surface area contributed by atoms with E-state index in [1.54, 1.807) is 0 Å². The standard InChI is InChI=1S/C58H44N4O/c1-58(2)48-18-8-7-17-46(48)47-35-34-45(38-49(47)58)60(43-30-32-44(33-31-43)62-53-21-11-13-23-56(53)63-57-24-14-12-22-54(57)62)42-28-25-39(26-29-42)40-27-36-52-55(37-40)59(3)50-19-9-10-20-51(50)61(52)41-15-5-4-6-16-41/h4-38H,1-3H3. The molecule has 0 bridgehead atoms. The Bertz CT molecular complexity index is 3170. The predicted molar refractivity (Wildman–Crippen MR) is 262 cm³/mol. The number of nitrogens with zero attached hydrogens (tertiary/aromatic N) is 4. The fourth-order valence-electron chi connectivity index (χ4n) is 10.0. The lowest BCUT2D eigenvalue weighted by atomic mass is 9.82. The van der Waals surface area contributed by atoms with Crippen LogP contribution in [0.4, 0.5) is 62.6 Å². The molecule has 0 saturated heterocycles. The molecule has 5 heteroatoms. The third-order valence-electron chi connectivity index (χ3n) is 13.2. The molecule has 0 radical (unpaired) electrons. The van der Waals surface area contributed by atoms with Gasteiger partial charge in [0.2, 0.25) is 0 Å². The van der Waals surface area contributed by atoms with Crippen LogP contribution in [-0.4, -0.2) is 7.05 Å². The van der Waals surface area contributed by atoms with Crippen molar-refractivity contribution in [3.05, 3.63) is 223 Å². The molecule has 9 aromatic carbocycles. The molecule has 0 unspecified atom stereocenters. The molecule has 302 valence electrons. The second-order valence-corrected chi connectivity index (χ2v) is 17.1. The molecule has 3 aliphatic rings. The second kappa shape index (κ2) is 14.3. The highest BCUT2D eigenvalue weighted by Crippen LogP contribution is 2.54. The lowest BCUT2D eigenvalue weighted by Gasteiger charge is -2.38. The van der Waals surface area contributed by atoms with Gasteiger partial charge in [-0.3, -0.25) is 0 Å². The number of rotatable bonds is 6. The van der Waals surface area contributed by atoms with Crippen molar-refractivity contribution in [2.45, 2.75) is 19.3 Å². The van der Waals surface area contributed by atoms with E-state index < -0.39 is 0 Å². The van der Waals surface area contributed by atoms with Crippen molar-refractivity contribution in [1.82, 2.24) is 0 Å². The first-order valence-corrected chi connectivity index (χ1v) is 21.7. The number of hydrogen-bond acceptors (Lipinski definition) is 5. The number of benzene rings is 9. The third-order valence-corrected chi connectivity index (χ3v) is 13.2. The van der Waals surface area contributed by atoms with Crippen LogP contribution in [0.15, 0.2) is 212 Å². The van der Waals surface area contributed by atoms with Crippen molar-refractivity contribution >= 4 is 62.6 Å². The zero-order valence-corrected chi connectivity index (χ0v) is 35.4. The Morgan fingerprint density at radius 2 is 0.889 bits per heavy atom. The van der Waals surface area contributed by atoms with Gasteiger partial charge >= 0.3 is 0 Å². The molecule has 12 rings (SSSR count). The van der Waals surface area contributed by atoms with E-state index in [2.05, 4.69) is 229 Å². The minimum Gasteiger partial charge on any atom is -0.453 e. The van der Waals surface area contributed by atoms with Crippen LogP contribution in [0.2, 0.25) is 0 Å². The summed E-state index contributed by atoms with van der Waals surface area (Å²) in [7, 11) is 2.17. The molecule has 1 aliphatic carbocycles. The highest BCUT2D eigenvalue weighted by Gasteiger charge is 2.36. The molecular formula is C58H44N4O. The zero-order valence-electron chi connectivity index (χ0n) is 35.4. The summed E-state index contributed by atoms with van der Waals surface area (Å²) in [5.41, 5.74) is 19.7. The van der Waals surface area contributed by atoms with Gasteiger partial charge in [0, 0.05) is 40.9 Å². The first kappa shape index (κ1) is 36.8. The summed E-state index contributed by atoms with van der Waals surface area (Å²) in [6, 6.07) is 76.5. The molecule has 2 aliphatic heterocycles. The van der Waals surface area contributed by atoms with Gasteiger partial charge in [-0.25, -0.2) is 0 Å². The van der Waals surface area contributed by atoms with Gasteiger partial charge in [0.15, 0.2) is 11.5 Å². The quantitative estimate of drug-likeness (QED) is 0.166. The summed E-state index contributed by atoms with van der Waals surface area (Å²) < 4.78 is 6.34. The maximum absolute atomic E-state index is 6.34. The van der Waals surface area contributed by atoms with Gasteiger partial charge in [-0.15, -0.1) is 0 Å². The van der Waals surface area contributed by atoms with Crippen molar-refractivity contribution in [3.63, 3.8) is 0 Å². The maximum Gasteiger partial charge on any atom is 0.151 e. The van der Waals surface area contributed by atoms with E-state index >= 15 is 0 Å². The molecule has 0 fully saturated rings. The molecule has 9 aromatic rings. The number of para-hydroxylation sites is 7. The van der Waals surface area contributed by atoms with Gasteiger partial charge in [0.1, 0.15) is 0 Å². The van der Waals surface area contributed by atoms with Crippen LogP contribution >= 0.6 is 0 Å². The van der Waals surface area contributed by atoms with Crippen molar-refractivity contribution in [1.29, 1.82) is 0 Å². The number of hydrogen-bond donors (Lipinski definition) is 0. The summed E-state index contributed by atoms with van der Waals surface area (Å²) >= 11 is 0. The molecule has 0 saturated carbocycles. The summed E-state index contributed by atoms with van der Waals surface area (Å²) in [6.45, 7) is 4.70. The van der Waals surface area contributed by atoms with Crippen LogP contribution in [-0.2, 0) is 5.41 Å². The molecule has 2 heterocycles. The fourth-order valence-corrected chi connectivity index (χ4v) is 10.0. The molecular weight excluding hydrogens is 769 g/mol. The molecule has 0 atom stereocenters. The van der Waals surface area contributed by atoms with E-state index in [9.17, 15) is 0 Å². The fraction of sp³-hybridized carbons (Fsp3) is 0.0690. The lowest BCUT2D eigenvalue weighted by molar-refractivity contribution is 0.477. The van der Waals surface area contributed by atoms with E-state index in [-0.39, 0.29) is 5.41 Å². The van der Waals surface area contributed by atoms with Crippen LogP contribution in [0.1, 0.15) is 25.0 Å². The van der Waals surface area contributed by atoms with Gasteiger partial charge in [-0.05, 0) is 143 Å². The predicted octanol–water partition coefficient (Wildman–Crippen LogP) is 16.3. The number of fused-ring (bicyclic) bond motifs is 7. The maximum atomic E-state index is 6.34. The van der Waals surface area contributed by atoms with Gasteiger partial charge in [0.05, 0.1) is 34.1 Å². The number of ether oxygens (including phenoxy) is 1. The first-order valence-electron chi connectivity index (χ1n) is 21.7. The van der Waals surface area contributed by atoms with Crippen molar-refractivity contribution in [2.75, 3.05) is 26.6 Å². The van der Waals surface area contributed by atoms with Gasteiger partial charge in [-0.1, -0.05) is 117 Å². The van der Waals surface area contributed by atoms with E-state index in [0.717, 1.165) is 68.2 Å². The Kier molecular flexibility index (Phi) is 8.35. The Morgan fingerprint density at radius 1 is 0.381 bits per heavy atom. The van der Waals surface area contributed by atoms with E-state index in [1.165, 1.54) is 39.2 Å². The Balaban J connectivity index is 0.946. The topological polar surface area (TPSA) is 22.2 Å². The Hall–Kier alpha value is -8.02. The first-order chi connectivity index (χ1) is 30.9. The van der Waals surface area contributed by atoms with Gasteiger partial charge in [-0.2, -0.15) is 0 Å². The smallest absolute Gasteiger partial charge is 0.151 e. The largest absolute Gasteiger partial charge is 0.453 e. The summed E-state index contributed by atoms with van der Waals surface area (Å²) in [5.74, 6) is 1.68. The SMILES string of the molecule is CN1c2ccccc2N(c2ccccc2)c2ccc(-c3ccc(N(c4ccc(N5c6ccccc6Oc6ccccc65)cc4)c4ccc5c(c4)C(C)(C)c4ccccc4-5)cc3)cc21. The summed E-state index contributed by atoms with van der Waals surface area (Å²) in [4.78, 5) is 9.37. The average molecular weight is 813 g/mol. The summed E-state index contributed by atoms with van der Waals surface area (Å²) in [6.07, 6.45) is 0. The molecule has 0 aromatic heterocycles. The number of anilines is 11. The van der Waals surface area contributed by atoms with Crippen LogP contribution in [0.25, 0.3) is 22.3 Å². The minimum atomic E-state index is -0.130. The van der Waals surface area contributed by atoms with E-state index in [0.29, 0.717) is 0 Å². The molecule has 0 amide bonds. The molecule has 0 spiro atoms. The van der Waals surface area contributed by atoms with Gasteiger partial charge < -0.3 is 24.3 Å². The zero-order chi connectivity index (χ0) is 42.2. The summed E-state index contributed by atoms with van der Waals surface area (Å²) in [5, 5.41) is 0. The Morgan fingerprint density at radius 3 is 1.60 bits per heavy atom. The molecule has 63 heavy (non-hydrogen) atoms. The normalized spacial score (nSPS) is 13.8. The Labute approximate surface area is 368 Å². The molecule has 0 N–H and O–H groups in total. The van der Waals surface area contributed by atoms with Crippen molar-refractivity contribution < 1.29 is 4.74 Å². The van der Waals surface area contributed by atoms with Crippen molar-refractivity contribution in [3.8, 4) is 33.8 Å². The average Bonchev–Trinajstić information content (AvgIpc) is 3.57.